The average molecular weight is 943 g/mol. The number of para-hydroxylation sites is 4. The fourth-order valence-electron chi connectivity index (χ4n) is 9.99. The van der Waals surface area contributed by atoms with Crippen LogP contribution in [0, 0.1) is 0 Å². The molecule has 15 heteroatoms. The number of ether oxygens (including phenoxy) is 8. The first-order valence-electron chi connectivity index (χ1n) is 22.7. The number of aldehydes is 1. The first-order chi connectivity index (χ1) is 33.6. The van der Waals surface area contributed by atoms with Crippen molar-refractivity contribution < 1.29 is 63.1 Å². The number of methoxy groups -OCH3 is 6. The molecule has 2 aliphatic heterocycles. The van der Waals surface area contributed by atoms with Crippen LogP contribution in [-0.2, 0) is 30.5 Å². The molecule has 0 amide bonds. The topological polar surface area (TPSA) is 187 Å². The quantitative estimate of drug-likeness (QED) is 0.0699. The number of hydrogen-bond acceptors (Lipinski definition) is 15. The molecule has 2 aliphatic carbocycles. The normalized spacial score (nSPS) is 15.7. The molecule has 0 fully saturated rings. The highest BCUT2D eigenvalue weighted by molar-refractivity contribution is 5.86. The van der Waals surface area contributed by atoms with E-state index in [1.807, 2.05) is 60.7 Å². The SMILES string of the molecule is COc1cc2c(cc1O)CC1NCCc3cc(O)c(OC)c-2c31.COc1cc2c(cc1O)CC1c3c(cc(O)c(OC)c3-2)CCN1CCOc1ccccc1OC.COc1ccccc1OCC=O. The largest absolute Gasteiger partial charge is 0.504 e. The maximum Gasteiger partial charge on any atom is 0.168 e. The molecule has 4 aliphatic rings. The Morgan fingerprint density at radius 3 is 1.59 bits per heavy atom. The van der Waals surface area contributed by atoms with Gasteiger partial charge in [0.2, 0.25) is 0 Å². The molecule has 0 saturated heterocycles. The highest BCUT2D eigenvalue weighted by atomic mass is 16.5. The van der Waals surface area contributed by atoms with Crippen molar-refractivity contribution in [3.05, 3.63) is 118 Å². The zero-order valence-corrected chi connectivity index (χ0v) is 39.6. The predicted octanol–water partition coefficient (Wildman–Crippen LogP) is 8.12. The Morgan fingerprint density at radius 1 is 0.565 bits per heavy atom. The summed E-state index contributed by atoms with van der Waals surface area (Å²) in [5.74, 6) is 4.92. The van der Waals surface area contributed by atoms with Gasteiger partial charge in [-0.2, -0.15) is 0 Å². The van der Waals surface area contributed by atoms with E-state index in [2.05, 4.69) is 10.2 Å². The number of carbonyl (C=O) groups is 1. The summed E-state index contributed by atoms with van der Waals surface area (Å²) < 4.78 is 43.3. The summed E-state index contributed by atoms with van der Waals surface area (Å²) in [6.07, 6.45) is 3.92. The zero-order valence-electron chi connectivity index (χ0n) is 39.6. The van der Waals surface area contributed by atoms with Crippen molar-refractivity contribution in [1.82, 2.24) is 10.2 Å². The van der Waals surface area contributed by atoms with Crippen molar-refractivity contribution in [3.63, 3.8) is 0 Å². The summed E-state index contributed by atoms with van der Waals surface area (Å²) in [6.45, 7) is 3.01. The van der Waals surface area contributed by atoms with Gasteiger partial charge in [0.25, 0.3) is 0 Å². The van der Waals surface area contributed by atoms with E-state index in [4.69, 9.17) is 37.9 Å². The third kappa shape index (κ3) is 9.52. The first-order valence-corrected chi connectivity index (χ1v) is 22.7. The fraction of sp³-hybridized carbons (Fsp3) is 0.315. The van der Waals surface area contributed by atoms with E-state index in [0.717, 1.165) is 95.6 Å². The molecule has 69 heavy (non-hydrogen) atoms. The molecule has 0 spiro atoms. The average Bonchev–Trinajstić information content (AvgIpc) is 3.36. The number of carbonyl (C=O) groups excluding carboxylic acids is 1. The van der Waals surface area contributed by atoms with E-state index in [-0.39, 0.29) is 41.7 Å². The molecule has 0 saturated carbocycles. The smallest absolute Gasteiger partial charge is 0.168 e. The van der Waals surface area contributed by atoms with Gasteiger partial charge in [0.05, 0.1) is 42.7 Å². The molecular weight excluding hydrogens is 885 g/mol. The molecule has 15 nitrogen and oxygen atoms in total. The van der Waals surface area contributed by atoms with E-state index in [1.54, 1.807) is 52.7 Å². The lowest BCUT2D eigenvalue weighted by Crippen LogP contribution is -2.40. The molecule has 2 heterocycles. The molecule has 6 aromatic carbocycles. The van der Waals surface area contributed by atoms with Gasteiger partial charge in [0.15, 0.2) is 75.3 Å². The van der Waals surface area contributed by atoms with Crippen molar-refractivity contribution in [2.45, 2.75) is 37.8 Å². The lowest BCUT2D eigenvalue weighted by atomic mass is 9.76. The maximum atomic E-state index is 10.7. The monoisotopic (exact) mass is 942 g/mol. The van der Waals surface area contributed by atoms with Crippen molar-refractivity contribution in [1.29, 1.82) is 0 Å². The summed E-state index contributed by atoms with van der Waals surface area (Å²) in [5, 5.41) is 45.2. The van der Waals surface area contributed by atoms with Crippen LogP contribution in [0.5, 0.6) is 69.0 Å². The number of fused-ring (bicyclic) bond motifs is 4. The number of hydrogen-bond donors (Lipinski definition) is 5. The predicted molar refractivity (Wildman–Crippen MR) is 260 cm³/mol. The Labute approximate surface area is 401 Å². The van der Waals surface area contributed by atoms with Crippen LogP contribution in [0.2, 0.25) is 0 Å². The summed E-state index contributed by atoms with van der Waals surface area (Å²) >= 11 is 0. The van der Waals surface area contributed by atoms with Gasteiger partial charge in [0, 0.05) is 36.3 Å². The number of aromatic hydroxyl groups is 4. The van der Waals surface area contributed by atoms with Crippen LogP contribution in [0.3, 0.4) is 0 Å². The Bertz CT molecular complexity index is 2830. The highest BCUT2D eigenvalue weighted by Gasteiger charge is 2.38. The molecule has 2 atom stereocenters. The highest BCUT2D eigenvalue weighted by Crippen LogP contribution is 2.55. The lowest BCUT2D eigenvalue weighted by Gasteiger charge is -2.42. The fourth-order valence-corrected chi connectivity index (χ4v) is 9.99. The Balaban J connectivity index is 0.000000157. The minimum Gasteiger partial charge on any atom is -0.504 e. The summed E-state index contributed by atoms with van der Waals surface area (Å²) in [6, 6.07) is 25.9. The number of phenols is 4. The van der Waals surface area contributed by atoms with Crippen LogP contribution in [0.1, 0.15) is 45.5 Å². The van der Waals surface area contributed by atoms with Crippen molar-refractivity contribution >= 4 is 6.29 Å². The van der Waals surface area contributed by atoms with Gasteiger partial charge in [-0.1, -0.05) is 24.3 Å². The number of nitrogens with one attached hydrogen (secondary N) is 1. The number of benzene rings is 6. The lowest BCUT2D eigenvalue weighted by molar-refractivity contribution is -0.109. The van der Waals surface area contributed by atoms with Gasteiger partial charge in [-0.15, -0.1) is 0 Å². The van der Waals surface area contributed by atoms with Crippen LogP contribution in [0.15, 0.2) is 84.9 Å². The zero-order chi connectivity index (χ0) is 48.8. The number of nitrogens with zero attached hydrogens (tertiary/aromatic N) is 1. The van der Waals surface area contributed by atoms with E-state index in [9.17, 15) is 25.2 Å². The van der Waals surface area contributed by atoms with Crippen molar-refractivity contribution in [2.75, 3.05) is 75.5 Å². The van der Waals surface area contributed by atoms with Crippen LogP contribution in [0.25, 0.3) is 22.3 Å². The summed E-state index contributed by atoms with van der Waals surface area (Å²) in [4.78, 5) is 12.4. The summed E-state index contributed by atoms with van der Waals surface area (Å²) in [5.41, 5.74) is 10.3. The van der Waals surface area contributed by atoms with Crippen molar-refractivity contribution in [2.24, 2.45) is 0 Å². The van der Waals surface area contributed by atoms with E-state index >= 15 is 0 Å². The molecule has 0 bridgehead atoms. The van der Waals surface area contributed by atoms with E-state index in [1.165, 1.54) is 25.3 Å². The number of rotatable bonds is 13. The van der Waals surface area contributed by atoms with Crippen LogP contribution in [0.4, 0.5) is 0 Å². The molecule has 0 radical (unpaired) electrons. The van der Waals surface area contributed by atoms with Crippen LogP contribution < -0.4 is 43.2 Å². The second kappa shape index (κ2) is 21.2. The third-order valence-electron chi connectivity index (χ3n) is 13.0. The van der Waals surface area contributed by atoms with Gasteiger partial charge in [0.1, 0.15) is 13.2 Å². The molecule has 10 rings (SSSR count). The molecule has 5 N–H and O–H groups in total. The standard InChI is InChI=1S/C27H29NO6.C18H19NO4.C9H10O3/c1-31-22-6-4-5-7-23(22)34-11-10-28-9-8-16-13-21(30)27(33-3)26-18-15-24(32-2)20(29)14-17(18)12-19(28)25(16)26;1-22-15-8-11-10(7-13(15)20)5-12-16-9(3-4-19-12)6-14(21)18(23-2)17(11)16;1-11-8-4-2-3-5-9(8)12-7-6-10/h4-7,13-15,19,29-30H,8-12H2,1-3H3;6-8,12,19-21H,3-5H2,1-2H3;2-6H,7H2,1H3. The van der Waals surface area contributed by atoms with E-state index in [0.29, 0.717) is 53.1 Å². The number of phenolic OH excluding ortho intramolecular Hbond substituents is 4. The Hall–Kier alpha value is -7.49. The summed E-state index contributed by atoms with van der Waals surface area (Å²) in [7, 11) is 9.40. The minimum absolute atomic E-state index is 0.0559. The second-order valence-corrected chi connectivity index (χ2v) is 16.7. The second-order valence-electron chi connectivity index (χ2n) is 16.7. The maximum absolute atomic E-state index is 10.7. The first kappa shape index (κ1) is 48.0. The third-order valence-corrected chi connectivity index (χ3v) is 13.0. The van der Waals surface area contributed by atoms with Crippen LogP contribution >= 0.6 is 0 Å². The van der Waals surface area contributed by atoms with Gasteiger partial charge in [-0.3, -0.25) is 9.69 Å². The van der Waals surface area contributed by atoms with Crippen LogP contribution in [-0.4, -0.2) is 107 Å². The van der Waals surface area contributed by atoms with Crippen molar-refractivity contribution in [3.8, 4) is 91.2 Å². The van der Waals surface area contributed by atoms with E-state index < -0.39 is 0 Å². The molecular formula is C54H58N2O13. The molecule has 6 aromatic rings. The van der Waals surface area contributed by atoms with Gasteiger partial charge in [-0.05, 0) is 137 Å². The van der Waals surface area contributed by atoms with Gasteiger partial charge >= 0.3 is 0 Å². The Morgan fingerprint density at radius 2 is 1.06 bits per heavy atom. The molecule has 0 aromatic heterocycles. The van der Waals surface area contributed by atoms with Gasteiger partial charge in [-0.25, -0.2) is 0 Å². The van der Waals surface area contributed by atoms with Gasteiger partial charge < -0.3 is 63.6 Å². The Kier molecular flexibility index (Phi) is 14.8. The minimum atomic E-state index is 0.0559. The molecule has 2 unspecified atom stereocenters. The molecule has 362 valence electrons.